The first-order valence-electron chi connectivity index (χ1n) is 6.24. The van der Waals surface area contributed by atoms with Crippen LogP contribution in [-0.2, 0) is 0 Å². The van der Waals surface area contributed by atoms with E-state index in [9.17, 15) is 0 Å². The number of aromatic nitrogens is 2. The standard InChI is InChI=1S/C13H20N4/c1-2-3-9-16(10-7-14)13-6-4-5-12-15-8-11-17(12)13/h4-6,8,11H,2-3,7,9-10,14H2,1H3. The summed E-state index contributed by atoms with van der Waals surface area (Å²) < 4.78 is 2.12. The Labute approximate surface area is 102 Å². The van der Waals surface area contributed by atoms with Gasteiger partial charge >= 0.3 is 0 Å². The lowest BCUT2D eigenvalue weighted by Gasteiger charge is -2.24. The second-order valence-electron chi connectivity index (χ2n) is 4.17. The van der Waals surface area contributed by atoms with Crippen LogP contribution in [0, 0.1) is 0 Å². The number of rotatable bonds is 6. The largest absolute Gasteiger partial charge is 0.356 e. The summed E-state index contributed by atoms with van der Waals surface area (Å²) in [5, 5.41) is 0. The molecule has 0 fully saturated rings. The van der Waals surface area contributed by atoms with Gasteiger partial charge in [0.05, 0.1) is 0 Å². The van der Waals surface area contributed by atoms with Crippen molar-refractivity contribution in [2.45, 2.75) is 19.8 Å². The first-order valence-corrected chi connectivity index (χ1v) is 6.24. The van der Waals surface area contributed by atoms with Crippen LogP contribution in [0.25, 0.3) is 5.65 Å². The Morgan fingerprint density at radius 2 is 2.24 bits per heavy atom. The summed E-state index contributed by atoms with van der Waals surface area (Å²) in [5.74, 6) is 1.18. The van der Waals surface area contributed by atoms with Crippen LogP contribution in [0.4, 0.5) is 5.82 Å². The van der Waals surface area contributed by atoms with Gasteiger partial charge in [-0.25, -0.2) is 4.98 Å². The van der Waals surface area contributed by atoms with E-state index >= 15 is 0 Å². The van der Waals surface area contributed by atoms with Crippen molar-refractivity contribution in [3.63, 3.8) is 0 Å². The van der Waals surface area contributed by atoms with E-state index in [0.29, 0.717) is 6.54 Å². The summed E-state index contributed by atoms with van der Waals surface area (Å²) in [7, 11) is 0. The molecule has 92 valence electrons. The van der Waals surface area contributed by atoms with Gasteiger partial charge in [-0.15, -0.1) is 0 Å². The molecule has 0 spiro atoms. The number of nitrogens with zero attached hydrogens (tertiary/aromatic N) is 3. The number of pyridine rings is 1. The Hall–Kier alpha value is -1.55. The van der Waals surface area contributed by atoms with E-state index in [1.54, 1.807) is 0 Å². The molecule has 2 rings (SSSR count). The highest BCUT2D eigenvalue weighted by Gasteiger charge is 2.08. The van der Waals surface area contributed by atoms with Crippen LogP contribution < -0.4 is 10.6 Å². The topological polar surface area (TPSA) is 46.6 Å². The lowest BCUT2D eigenvalue weighted by atomic mass is 10.3. The molecule has 4 heteroatoms. The summed E-state index contributed by atoms with van der Waals surface area (Å²) in [5.41, 5.74) is 6.68. The van der Waals surface area contributed by atoms with Gasteiger partial charge in [-0.05, 0) is 18.6 Å². The maximum Gasteiger partial charge on any atom is 0.138 e. The van der Waals surface area contributed by atoms with Crippen LogP contribution >= 0.6 is 0 Å². The molecular weight excluding hydrogens is 212 g/mol. The third-order valence-corrected chi connectivity index (χ3v) is 2.91. The lowest BCUT2D eigenvalue weighted by molar-refractivity contribution is 0.704. The highest BCUT2D eigenvalue weighted by molar-refractivity contribution is 5.51. The summed E-state index contributed by atoms with van der Waals surface area (Å²) >= 11 is 0. The van der Waals surface area contributed by atoms with Crippen molar-refractivity contribution in [1.29, 1.82) is 0 Å². The van der Waals surface area contributed by atoms with E-state index in [4.69, 9.17) is 5.73 Å². The minimum Gasteiger partial charge on any atom is -0.356 e. The maximum absolute atomic E-state index is 5.69. The van der Waals surface area contributed by atoms with Crippen molar-refractivity contribution in [3.05, 3.63) is 30.6 Å². The Bertz CT molecular complexity index is 463. The molecule has 0 radical (unpaired) electrons. The van der Waals surface area contributed by atoms with Crippen molar-refractivity contribution >= 4 is 11.5 Å². The zero-order valence-corrected chi connectivity index (χ0v) is 10.3. The molecule has 0 aliphatic carbocycles. The molecular formula is C13H20N4. The molecule has 0 aliphatic rings. The Balaban J connectivity index is 2.30. The van der Waals surface area contributed by atoms with Crippen LogP contribution in [0.15, 0.2) is 30.6 Å². The zero-order chi connectivity index (χ0) is 12.1. The highest BCUT2D eigenvalue weighted by Crippen LogP contribution is 2.16. The van der Waals surface area contributed by atoms with E-state index in [1.165, 1.54) is 18.7 Å². The fraction of sp³-hybridized carbons (Fsp3) is 0.462. The molecule has 0 aliphatic heterocycles. The van der Waals surface area contributed by atoms with Gasteiger partial charge in [0.2, 0.25) is 0 Å². The van der Waals surface area contributed by atoms with Gasteiger partial charge in [-0.1, -0.05) is 19.4 Å². The van der Waals surface area contributed by atoms with E-state index in [2.05, 4.69) is 27.3 Å². The summed E-state index contributed by atoms with van der Waals surface area (Å²) in [6, 6.07) is 6.19. The molecule has 2 N–H and O–H groups in total. The zero-order valence-electron chi connectivity index (χ0n) is 10.3. The normalized spacial score (nSPS) is 10.9. The Morgan fingerprint density at radius 3 is 3.00 bits per heavy atom. The van der Waals surface area contributed by atoms with Gasteiger partial charge in [-0.2, -0.15) is 0 Å². The van der Waals surface area contributed by atoms with Crippen LogP contribution in [0.1, 0.15) is 19.8 Å². The lowest BCUT2D eigenvalue weighted by Crippen LogP contribution is -2.31. The molecule has 0 unspecified atom stereocenters. The number of fused-ring (bicyclic) bond motifs is 1. The molecule has 0 aromatic carbocycles. The number of nitrogens with two attached hydrogens (primary N) is 1. The third-order valence-electron chi connectivity index (χ3n) is 2.91. The van der Waals surface area contributed by atoms with E-state index in [-0.39, 0.29) is 0 Å². The monoisotopic (exact) mass is 232 g/mol. The number of anilines is 1. The quantitative estimate of drug-likeness (QED) is 0.827. The predicted octanol–water partition coefficient (Wildman–Crippen LogP) is 1.90. The van der Waals surface area contributed by atoms with Crippen molar-refractivity contribution in [3.8, 4) is 0 Å². The average molecular weight is 232 g/mol. The fourth-order valence-electron chi connectivity index (χ4n) is 2.04. The molecule has 0 bridgehead atoms. The van der Waals surface area contributed by atoms with Crippen molar-refractivity contribution < 1.29 is 0 Å². The number of imidazole rings is 1. The van der Waals surface area contributed by atoms with Gasteiger partial charge in [0.15, 0.2) is 0 Å². The van der Waals surface area contributed by atoms with Gasteiger partial charge in [0.1, 0.15) is 11.5 Å². The van der Waals surface area contributed by atoms with Crippen LogP contribution in [-0.4, -0.2) is 29.0 Å². The first-order chi connectivity index (χ1) is 8.36. The van der Waals surface area contributed by atoms with Gasteiger partial charge in [0, 0.05) is 32.0 Å². The predicted molar refractivity (Wildman–Crippen MR) is 71.4 cm³/mol. The van der Waals surface area contributed by atoms with E-state index in [1.807, 2.05) is 24.5 Å². The number of unbranched alkanes of at least 4 members (excludes halogenated alkanes) is 1. The highest BCUT2D eigenvalue weighted by atomic mass is 15.2. The van der Waals surface area contributed by atoms with Gasteiger partial charge in [0.25, 0.3) is 0 Å². The minimum absolute atomic E-state index is 0.675. The second-order valence-corrected chi connectivity index (χ2v) is 4.17. The van der Waals surface area contributed by atoms with Gasteiger partial charge in [-0.3, -0.25) is 4.40 Å². The SMILES string of the molecule is CCCCN(CCN)c1cccc2nccn12. The first kappa shape index (κ1) is 11.9. The van der Waals surface area contributed by atoms with Crippen molar-refractivity contribution in [2.24, 2.45) is 5.73 Å². The summed E-state index contributed by atoms with van der Waals surface area (Å²) in [6.07, 6.45) is 6.21. The fourth-order valence-corrected chi connectivity index (χ4v) is 2.04. The van der Waals surface area contributed by atoms with E-state index in [0.717, 1.165) is 18.7 Å². The molecule has 0 saturated heterocycles. The molecule has 0 atom stereocenters. The molecule has 2 aromatic rings. The summed E-state index contributed by atoms with van der Waals surface area (Å²) in [4.78, 5) is 6.64. The third kappa shape index (κ3) is 2.58. The maximum atomic E-state index is 5.69. The van der Waals surface area contributed by atoms with Crippen molar-refractivity contribution in [1.82, 2.24) is 9.38 Å². The summed E-state index contributed by atoms with van der Waals surface area (Å²) in [6.45, 7) is 4.81. The van der Waals surface area contributed by atoms with Gasteiger partial charge < -0.3 is 10.6 Å². The number of hydrogen-bond donors (Lipinski definition) is 1. The van der Waals surface area contributed by atoms with Crippen molar-refractivity contribution in [2.75, 3.05) is 24.5 Å². The molecule has 0 saturated carbocycles. The molecule has 17 heavy (non-hydrogen) atoms. The smallest absolute Gasteiger partial charge is 0.138 e. The van der Waals surface area contributed by atoms with E-state index < -0.39 is 0 Å². The molecule has 2 heterocycles. The number of hydrogen-bond acceptors (Lipinski definition) is 3. The van der Waals surface area contributed by atoms with Crippen LogP contribution in [0.3, 0.4) is 0 Å². The van der Waals surface area contributed by atoms with Crippen LogP contribution in [0.2, 0.25) is 0 Å². The average Bonchev–Trinajstić information content (AvgIpc) is 2.82. The Morgan fingerprint density at radius 1 is 1.35 bits per heavy atom. The molecule has 4 nitrogen and oxygen atoms in total. The Kier molecular flexibility index (Phi) is 3.98. The molecule has 2 aromatic heterocycles. The molecule has 0 amide bonds. The van der Waals surface area contributed by atoms with Crippen LogP contribution in [0.5, 0.6) is 0 Å². The minimum atomic E-state index is 0.675. The second kappa shape index (κ2) is 5.68.